The number of benzene rings is 1. The number of hydrogen-bond acceptors (Lipinski definition) is 4. The predicted molar refractivity (Wildman–Crippen MR) is 87.3 cm³/mol. The topological polar surface area (TPSA) is 55.4 Å². The smallest absolute Gasteiger partial charge is 0.147 e. The summed E-state index contributed by atoms with van der Waals surface area (Å²) >= 11 is 0. The van der Waals surface area contributed by atoms with E-state index >= 15 is 0 Å². The van der Waals surface area contributed by atoms with Gasteiger partial charge < -0.3 is 10.1 Å². The molecule has 0 aromatic heterocycles. The van der Waals surface area contributed by atoms with Gasteiger partial charge >= 0.3 is 0 Å². The molecule has 0 spiro atoms. The van der Waals surface area contributed by atoms with Gasteiger partial charge in [-0.25, -0.2) is 8.42 Å². The van der Waals surface area contributed by atoms with E-state index < -0.39 is 9.84 Å². The third-order valence-corrected chi connectivity index (χ3v) is 4.44. The third-order valence-electron chi connectivity index (χ3n) is 3.41. The number of hydrogen-bond donors (Lipinski definition) is 1. The molecule has 4 nitrogen and oxygen atoms in total. The molecule has 0 heterocycles. The summed E-state index contributed by atoms with van der Waals surface area (Å²) in [7, 11) is -1.17. The maximum absolute atomic E-state index is 11.2. The zero-order chi connectivity index (χ0) is 15.6. The van der Waals surface area contributed by atoms with E-state index in [0.29, 0.717) is 12.5 Å². The van der Waals surface area contributed by atoms with Gasteiger partial charge in [0, 0.05) is 25.7 Å². The number of ether oxygens (including phenoxy) is 1. The summed E-state index contributed by atoms with van der Waals surface area (Å²) in [6.07, 6.45) is 3.92. The standard InChI is InChI=1S/C16H27NO3S/c1-20-11-10-17-14-16(9-6-12-21(2,18)19)13-15-7-4-3-5-8-15/h3-5,7-8,16-17H,6,9-14H2,1-2H3. The fraction of sp³-hybridized carbons (Fsp3) is 0.625. The minimum atomic E-state index is -2.86. The molecular formula is C16H27NO3S. The normalized spacial score (nSPS) is 13.2. The molecule has 0 aliphatic rings. The van der Waals surface area contributed by atoms with Gasteiger partial charge in [0.2, 0.25) is 0 Å². The molecule has 0 aliphatic heterocycles. The van der Waals surface area contributed by atoms with Crippen molar-refractivity contribution < 1.29 is 13.2 Å². The highest BCUT2D eigenvalue weighted by molar-refractivity contribution is 7.90. The maximum atomic E-state index is 11.2. The van der Waals surface area contributed by atoms with E-state index in [1.165, 1.54) is 11.8 Å². The van der Waals surface area contributed by atoms with Gasteiger partial charge in [-0.3, -0.25) is 0 Å². The van der Waals surface area contributed by atoms with Crippen LogP contribution in [0.25, 0.3) is 0 Å². The number of methoxy groups -OCH3 is 1. The molecule has 0 bridgehead atoms. The van der Waals surface area contributed by atoms with Gasteiger partial charge in [0.1, 0.15) is 9.84 Å². The highest BCUT2D eigenvalue weighted by Crippen LogP contribution is 2.14. The number of rotatable bonds is 11. The Morgan fingerprint density at radius 3 is 2.57 bits per heavy atom. The second kappa shape index (κ2) is 9.92. The minimum Gasteiger partial charge on any atom is -0.383 e. The van der Waals surface area contributed by atoms with Crippen LogP contribution in [0.1, 0.15) is 18.4 Å². The first-order valence-corrected chi connectivity index (χ1v) is 9.48. The Bertz CT molecular complexity index is 474. The summed E-state index contributed by atoms with van der Waals surface area (Å²) in [5.74, 6) is 0.724. The van der Waals surface area contributed by atoms with E-state index in [0.717, 1.165) is 32.4 Å². The summed E-state index contributed by atoms with van der Waals surface area (Å²) < 4.78 is 27.5. The van der Waals surface area contributed by atoms with Crippen molar-refractivity contribution in [3.63, 3.8) is 0 Å². The van der Waals surface area contributed by atoms with E-state index in [2.05, 4.69) is 17.4 Å². The van der Waals surface area contributed by atoms with E-state index in [1.807, 2.05) is 18.2 Å². The first kappa shape index (κ1) is 18.1. The van der Waals surface area contributed by atoms with Crippen molar-refractivity contribution in [2.24, 2.45) is 5.92 Å². The van der Waals surface area contributed by atoms with Crippen molar-refractivity contribution in [1.82, 2.24) is 5.32 Å². The van der Waals surface area contributed by atoms with Gasteiger partial charge in [-0.1, -0.05) is 30.3 Å². The third kappa shape index (κ3) is 9.61. The predicted octanol–water partition coefficient (Wildman–Crippen LogP) is 1.91. The molecular weight excluding hydrogens is 286 g/mol. The molecule has 0 radical (unpaired) electrons. The number of sulfone groups is 1. The zero-order valence-corrected chi connectivity index (χ0v) is 13.9. The second-order valence-corrected chi connectivity index (χ2v) is 7.78. The van der Waals surface area contributed by atoms with Crippen LogP contribution in [-0.2, 0) is 21.0 Å². The molecule has 1 aromatic carbocycles. The SMILES string of the molecule is COCCNCC(CCCS(C)(=O)=O)Cc1ccccc1. The molecule has 1 atom stereocenters. The summed E-state index contributed by atoms with van der Waals surface area (Å²) in [6, 6.07) is 10.3. The van der Waals surface area contributed by atoms with Crippen LogP contribution in [0.4, 0.5) is 0 Å². The van der Waals surface area contributed by atoms with E-state index in [9.17, 15) is 8.42 Å². The van der Waals surface area contributed by atoms with Crippen molar-refractivity contribution in [2.75, 3.05) is 38.8 Å². The molecule has 120 valence electrons. The highest BCUT2D eigenvalue weighted by atomic mass is 32.2. The fourth-order valence-electron chi connectivity index (χ4n) is 2.34. The van der Waals surface area contributed by atoms with Crippen molar-refractivity contribution in [1.29, 1.82) is 0 Å². The molecule has 5 heteroatoms. The van der Waals surface area contributed by atoms with Crippen molar-refractivity contribution in [3.8, 4) is 0 Å². The highest BCUT2D eigenvalue weighted by Gasteiger charge is 2.11. The molecule has 0 saturated heterocycles. The van der Waals surface area contributed by atoms with Crippen LogP contribution in [0.2, 0.25) is 0 Å². The Hall–Kier alpha value is -0.910. The molecule has 0 aliphatic carbocycles. The van der Waals surface area contributed by atoms with Crippen molar-refractivity contribution >= 4 is 9.84 Å². The molecule has 21 heavy (non-hydrogen) atoms. The Morgan fingerprint density at radius 1 is 1.24 bits per heavy atom. The van der Waals surface area contributed by atoms with Crippen LogP contribution in [0.5, 0.6) is 0 Å². The van der Waals surface area contributed by atoms with Crippen molar-refractivity contribution in [3.05, 3.63) is 35.9 Å². The fourth-order valence-corrected chi connectivity index (χ4v) is 3.03. The van der Waals surface area contributed by atoms with E-state index in [-0.39, 0.29) is 5.75 Å². The van der Waals surface area contributed by atoms with Crippen LogP contribution in [0, 0.1) is 5.92 Å². The zero-order valence-electron chi connectivity index (χ0n) is 13.0. The quantitative estimate of drug-likeness (QED) is 0.634. The molecule has 1 unspecified atom stereocenters. The van der Waals surface area contributed by atoms with Gasteiger partial charge in [-0.2, -0.15) is 0 Å². The molecule has 0 amide bonds. The van der Waals surface area contributed by atoms with Crippen LogP contribution in [0.3, 0.4) is 0 Å². The average Bonchev–Trinajstić information content (AvgIpc) is 2.43. The Labute approximate surface area is 128 Å². The lowest BCUT2D eigenvalue weighted by molar-refractivity contribution is 0.197. The lowest BCUT2D eigenvalue weighted by atomic mass is 9.95. The maximum Gasteiger partial charge on any atom is 0.147 e. The van der Waals surface area contributed by atoms with Gasteiger partial charge in [0.05, 0.1) is 6.61 Å². The summed E-state index contributed by atoms with van der Waals surface area (Å²) in [4.78, 5) is 0. The Kier molecular flexibility index (Phi) is 8.57. The second-order valence-electron chi connectivity index (χ2n) is 5.52. The average molecular weight is 313 g/mol. The molecule has 1 aromatic rings. The first-order valence-electron chi connectivity index (χ1n) is 7.42. The Morgan fingerprint density at radius 2 is 1.95 bits per heavy atom. The van der Waals surface area contributed by atoms with E-state index in [1.54, 1.807) is 7.11 Å². The van der Waals surface area contributed by atoms with Crippen LogP contribution >= 0.6 is 0 Å². The van der Waals surface area contributed by atoms with Gasteiger partial charge in [0.25, 0.3) is 0 Å². The van der Waals surface area contributed by atoms with Crippen molar-refractivity contribution in [2.45, 2.75) is 19.3 Å². The van der Waals surface area contributed by atoms with Gasteiger partial charge in [-0.15, -0.1) is 0 Å². The van der Waals surface area contributed by atoms with E-state index in [4.69, 9.17) is 4.74 Å². The first-order chi connectivity index (χ1) is 10.0. The largest absolute Gasteiger partial charge is 0.383 e. The van der Waals surface area contributed by atoms with Gasteiger partial charge in [0.15, 0.2) is 0 Å². The summed E-state index contributed by atoms with van der Waals surface area (Å²) in [5.41, 5.74) is 1.30. The lowest BCUT2D eigenvalue weighted by Gasteiger charge is -2.17. The monoisotopic (exact) mass is 313 g/mol. The lowest BCUT2D eigenvalue weighted by Crippen LogP contribution is -2.27. The van der Waals surface area contributed by atoms with Crippen LogP contribution in [-0.4, -0.2) is 47.2 Å². The molecule has 0 saturated carbocycles. The van der Waals surface area contributed by atoms with Crippen LogP contribution < -0.4 is 5.32 Å². The summed E-state index contributed by atoms with van der Waals surface area (Å²) in [5, 5.41) is 3.38. The minimum absolute atomic E-state index is 0.274. The number of nitrogens with one attached hydrogen (secondary N) is 1. The Balaban J connectivity index is 2.44. The molecule has 1 N–H and O–H groups in total. The van der Waals surface area contributed by atoms with Gasteiger partial charge in [-0.05, 0) is 37.3 Å². The summed E-state index contributed by atoms with van der Waals surface area (Å²) in [6.45, 7) is 2.41. The molecule has 1 rings (SSSR count). The molecule has 0 fully saturated rings. The van der Waals surface area contributed by atoms with Crippen LogP contribution in [0.15, 0.2) is 30.3 Å².